The SMILES string of the molecule is Cc1[nH]nc(-c2noc3c(N)c(C)sc23)c1C. The van der Waals surface area contributed by atoms with Gasteiger partial charge in [-0.05, 0) is 26.3 Å². The Morgan fingerprint density at radius 1 is 1.24 bits per heavy atom. The summed E-state index contributed by atoms with van der Waals surface area (Å²) in [6.45, 7) is 5.97. The first-order valence-electron chi connectivity index (χ1n) is 5.25. The number of aromatic amines is 1. The van der Waals surface area contributed by atoms with Crippen LogP contribution in [0.15, 0.2) is 4.52 Å². The highest BCUT2D eigenvalue weighted by Crippen LogP contribution is 2.39. The molecule has 0 aliphatic rings. The Morgan fingerprint density at radius 3 is 2.65 bits per heavy atom. The summed E-state index contributed by atoms with van der Waals surface area (Å²) in [7, 11) is 0. The third-order valence-corrected chi connectivity index (χ3v) is 4.11. The maximum Gasteiger partial charge on any atom is 0.201 e. The minimum Gasteiger partial charge on any atom is -0.395 e. The topological polar surface area (TPSA) is 80.7 Å². The molecule has 0 bridgehead atoms. The van der Waals surface area contributed by atoms with Gasteiger partial charge in [-0.15, -0.1) is 11.3 Å². The Labute approximate surface area is 102 Å². The summed E-state index contributed by atoms with van der Waals surface area (Å²) in [4.78, 5) is 1.05. The fraction of sp³-hybridized carbons (Fsp3) is 0.273. The lowest BCUT2D eigenvalue weighted by Gasteiger charge is -1.91. The molecule has 0 aliphatic carbocycles. The van der Waals surface area contributed by atoms with Gasteiger partial charge < -0.3 is 10.3 Å². The molecule has 6 heteroatoms. The van der Waals surface area contributed by atoms with Crippen molar-refractivity contribution in [1.29, 1.82) is 0 Å². The summed E-state index contributed by atoms with van der Waals surface area (Å²) in [6.07, 6.45) is 0. The van der Waals surface area contributed by atoms with Crippen LogP contribution in [0, 0.1) is 20.8 Å². The van der Waals surface area contributed by atoms with Crippen LogP contribution in [0.1, 0.15) is 16.1 Å². The molecule has 0 radical (unpaired) electrons. The highest BCUT2D eigenvalue weighted by atomic mass is 32.1. The number of hydrogen-bond acceptors (Lipinski definition) is 5. The van der Waals surface area contributed by atoms with Gasteiger partial charge in [0.15, 0.2) is 5.69 Å². The molecular weight excluding hydrogens is 236 g/mol. The number of nitrogen functional groups attached to an aromatic ring is 1. The molecular formula is C11H12N4OS. The molecule has 0 aliphatic heterocycles. The highest BCUT2D eigenvalue weighted by Gasteiger charge is 2.20. The number of thiophene rings is 1. The number of aryl methyl sites for hydroxylation is 2. The molecule has 0 amide bonds. The van der Waals surface area contributed by atoms with Gasteiger partial charge in [-0.3, -0.25) is 5.10 Å². The monoisotopic (exact) mass is 248 g/mol. The van der Waals surface area contributed by atoms with E-state index >= 15 is 0 Å². The quantitative estimate of drug-likeness (QED) is 0.693. The van der Waals surface area contributed by atoms with Gasteiger partial charge in [0.25, 0.3) is 0 Å². The molecule has 88 valence electrons. The fourth-order valence-corrected chi connectivity index (χ4v) is 2.76. The van der Waals surface area contributed by atoms with Gasteiger partial charge >= 0.3 is 0 Å². The Kier molecular flexibility index (Phi) is 2.03. The highest BCUT2D eigenvalue weighted by molar-refractivity contribution is 7.20. The first kappa shape index (κ1) is 10.3. The summed E-state index contributed by atoms with van der Waals surface area (Å²) < 4.78 is 6.27. The van der Waals surface area contributed by atoms with Crippen LogP contribution in [0.3, 0.4) is 0 Å². The van der Waals surface area contributed by atoms with Crippen LogP contribution in [0.2, 0.25) is 0 Å². The summed E-state index contributed by atoms with van der Waals surface area (Å²) in [5.41, 5.74) is 11.0. The molecule has 0 unspecified atom stereocenters. The van der Waals surface area contributed by atoms with Crippen molar-refractivity contribution < 1.29 is 4.52 Å². The van der Waals surface area contributed by atoms with E-state index in [1.807, 2.05) is 20.8 Å². The predicted octanol–water partition coefficient (Wildman–Crippen LogP) is 2.79. The third kappa shape index (κ3) is 1.30. The third-order valence-electron chi connectivity index (χ3n) is 3.01. The smallest absolute Gasteiger partial charge is 0.201 e. The number of anilines is 1. The van der Waals surface area contributed by atoms with Crippen LogP contribution in [0.4, 0.5) is 5.69 Å². The fourth-order valence-electron chi connectivity index (χ4n) is 1.78. The summed E-state index contributed by atoms with van der Waals surface area (Å²) >= 11 is 1.59. The summed E-state index contributed by atoms with van der Waals surface area (Å²) in [5, 5.41) is 11.3. The van der Waals surface area contributed by atoms with E-state index in [1.165, 1.54) is 0 Å². The van der Waals surface area contributed by atoms with E-state index in [2.05, 4.69) is 15.4 Å². The van der Waals surface area contributed by atoms with Gasteiger partial charge in [-0.25, -0.2) is 0 Å². The maximum absolute atomic E-state index is 5.92. The molecule has 3 rings (SSSR count). The molecule has 0 atom stereocenters. The van der Waals surface area contributed by atoms with Gasteiger partial charge in [-0.2, -0.15) is 5.10 Å². The van der Waals surface area contributed by atoms with E-state index < -0.39 is 0 Å². The minimum absolute atomic E-state index is 0.669. The molecule has 5 nitrogen and oxygen atoms in total. The zero-order chi connectivity index (χ0) is 12.2. The molecule has 0 spiro atoms. The normalized spacial score (nSPS) is 11.5. The number of nitrogens with zero attached hydrogens (tertiary/aromatic N) is 2. The number of nitrogens with two attached hydrogens (primary N) is 1. The average molecular weight is 248 g/mol. The predicted molar refractivity (Wildman–Crippen MR) is 68.1 cm³/mol. The van der Waals surface area contributed by atoms with E-state index in [9.17, 15) is 0 Å². The molecule has 17 heavy (non-hydrogen) atoms. The van der Waals surface area contributed by atoms with Crippen LogP contribution in [-0.4, -0.2) is 15.4 Å². The summed E-state index contributed by atoms with van der Waals surface area (Å²) in [6, 6.07) is 0. The van der Waals surface area contributed by atoms with E-state index in [0.717, 1.165) is 32.2 Å². The number of nitrogens with one attached hydrogen (secondary N) is 1. The van der Waals surface area contributed by atoms with Crippen molar-refractivity contribution in [3.8, 4) is 11.4 Å². The van der Waals surface area contributed by atoms with Gasteiger partial charge in [0, 0.05) is 10.6 Å². The van der Waals surface area contributed by atoms with Crippen molar-refractivity contribution in [2.75, 3.05) is 5.73 Å². The van der Waals surface area contributed by atoms with Gasteiger partial charge in [0.1, 0.15) is 10.4 Å². The Bertz CT molecular complexity index is 707. The Morgan fingerprint density at radius 2 is 2.00 bits per heavy atom. The molecule has 0 saturated heterocycles. The lowest BCUT2D eigenvalue weighted by atomic mass is 10.1. The van der Waals surface area contributed by atoms with Crippen molar-refractivity contribution >= 4 is 27.3 Å². The second-order valence-electron chi connectivity index (χ2n) is 4.08. The number of aromatic nitrogens is 3. The zero-order valence-electron chi connectivity index (χ0n) is 9.79. The lowest BCUT2D eigenvalue weighted by Crippen LogP contribution is -1.82. The van der Waals surface area contributed by atoms with E-state index in [1.54, 1.807) is 11.3 Å². The van der Waals surface area contributed by atoms with Crippen molar-refractivity contribution in [2.24, 2.45) is 0 Å². The number of H-pyrrole nitrogens is 1. The Balaban J connectivity index is 2.31. The van der Waals surface area contributed by atoms with Crippen molar-refractivity contribution in [2.45, 2.75) is 20.8 Å². The van der Waals surface area contributed by atoms with E-state index in [-0.39, 0.29) is 0 Å². The second-order valence-corrected chi connectivity index (χ2v) is 5.31. The first-order chi connectivity index (χ1) is 8.09. The van der Waals surface area contributed by atoms with Crippen molar-refractivity contribution in [3.05, 3.63) is 16.1 Å². The molecule has 0 fully saturated rings. The van der Waals surface area contributed by atoms with Crippen LogP contribution < -0.4 is 5.73 Å². The first-order valence-corrected chi connectivity index (χ1v) is 6.07. The van der Waals surface area contributed by atoms with Gasteiger partial charge in [0.05, 0.1) is 5.69 Å². The zero-order valence-corrected chi connectivity index (χ0v) is 10.6. The largest absolute Gasteiger partial charge is 0.395 e. The Hall–Kier alpha value is -1.82. The summed E-state index contributed by atoms with van der Waals surface area (Å²) in [5.74, 6) is 0. The van der Waals surface area contributed by atoms with Gasteiger partial charge in [-0.1, -0.05) is 5.16 Å². The number of hydrogen-bond donors (Lipinski definition) is 2. The van der Waals surface area contributed by atoms with Crippen LogP contribution in [0.5, 0.6) is 0 Å². The van der Waals surface area contributed by atoms with E-state index in [4.69, 9.17) is 10.3 Å². The number of fused-ring (bicyclic) bond motifs is 1. The average Bonchev–Trinajstić information content (AvgIpc) is 2.91. The number of rotatable bonds is 1. The lowest BCUT2D eigenvalue weighted by molar-refractivity contribution is 0.460. The minimum atomic E-state index is 0.669. The molecule has 3 aromatic rings. The van der Waals surface area contributed by atoms with Crippen LogP contribution in [0.25, 0.3) is 21.7 Å². The standard InChI is InChI=1S/C11H12N4OS/c1-4-5(2)13-14-8(4)9-11-10(16-15-9)7(12)6(3)17-11/h12H2,1-3H3,(H,13,14). The molecule has 3 heterocycles. The van der Waals surface area contributed by atoms with E-state index in [0.29, 0.717) is 11.3 Å². The van der Waals surface area contributed by atoms with Crippen molar-refractivity contribution in [1.82, 2.24) is 15.4 Å². The maximum atomic E-state index is 5.92. The second kappa shape index (κ2) is 3.33. The van der Waals surface area contributed by atoms with Crippen LogP contribution >= 0.6 is 11.3 Å². The molecule has 0 aromatic carbocycles. The van der Waals surface area contributed by atoms with Crippen LogP contribution in [-0.2, 0) is 0 Å². The van der Waals surface area contributed by atoms with Gasteiger partial charge in [0.2, 0.25) is 5.58 Å². The molecule has 3 N–H and O–H groups in total. The van der Waals surface area contributed by atoms with Crippen molar-refractivity contribution in [3.63, 3.8) is 0 Å². The molecule has 3 aromatic heterocycles. The molecule has 0 saturated carbocycles.